The van der Waals surface area contributed by atoms with Crippen LogP contribution in [0, 0.1) is 0 Å². The van der Waals surface area contributed by atoms with Crippen LogP contribution in [-0.2, 0) is 16.6 Å². The molecule has 0 radical (unpaired) electrons. The molecule has 0 fully saturated rings. The summed E-state index contributed by atoms with van der Waals surface area (Å²) in [6.07, 6.45) is 2.69. The molecule has 0 unspecified atom stereocenters. The van der Waals surface area contributed by atoms with Crippen LogP contribution < -0.4 is 15.6 Å². The number of ether oxygens (including phenoxy) is 1. The normalized spacial score (nSPS) is 10.7. The molecular weight excluding hydrogens is 302 g/mol. The van der Waals surface area contributed by atoms with Gasteiger partial charge < -0.3 is 14.6 Å². The van der Waals surface area contributed by atoms with Crippen molar-refractivity contribution in [3.05, 3.63) is 41.1 Å². The standard InChI is InChI=1S/C14H13N5O4/c1-19-6-11(15-7-19)16-12(20)5-13(21)23-8-2-3-9-10(4-8)17-18-14(9)22/h2-4,6-7H,5H2,1H3,(H,16,20)(H2,17,18,22). The van der Waals surface area contributed by atoms with Crippen molar-refractivity contribution >= 4 is 28.6 Å². The van der Waals surface area contributed by atoms with Crippen molar-refractivity contribution in [1.29, 1.82) is 0 Å². The number of carbonyl (C=O) groups excluding carboxylic acids is 2. The van der Waals surface area contributed by atoms with Gasteiger partial charge in [0.1, 0.15) is 12.2 Å². The van der Waals surface area contributed by atoms with Crippen LogP contribution in [0.25, 0.3) is 10.9 Å². The van der Waals surface area contributed by atoms with E-state index in [-0.39, 0.29) is 11.3 Å². The first kappa shape index (κ1) is 14.6. The lowest BCUT2D eigenvalue weighted by atomic mass is 10.2. The second-order valence-electron chi connectivity index (χ2n) is 4.91. The van der Waals surface area contributed by atoms with Gasteiger partial charge in [-0.15, -0.1) is 0 Å². The summed E-state index contributed by atoms with van der Waals surface area (Å²) in [6.45, 7) is 0. The van der Waals surface area contributed by atoms with Crippen LogP contribution in [0.5, 0.6) is 5.75 Å². The Bertz CT molecular complexity index is 936. The number of hydrogen-bond donors (Lipinski definition) is 3. The molecule has 23 heavy (non-hydrogen) atoms. The van der Waals surface area contributed by atoms with Crippen LogP contribution in [0.2, 0.25) is 0 Å². The number of benzene rings is 1. The highest BCUT2D eigenvalue weighted by atomic mass is 16.5. The van der Waals surface area contributed by atoms with Crippen molar-refractivity contribution in [2.75, 3.05) is 5.32 Å². The number of fused-ring (bicyclic) bond motifs is 1. The summed E-state index contributed by atoms with van der Waals surface area (Å²) >= 11 is 0. The Morgan fingerprint density at radius 2 is 2.17 bits per heavy atom. The van der Waals surface area contributed by atoms with Crippen LogP contribution >= 0.6 is 0 Å². The molecule has 1 aromatic carbocycles. The molecule has 1 amide bonds. The van der Waals surface area contributed by atoms with E-state index >= 15 is 0 Å². The summed E-state index contributed by atoms with van der Waals surface area (Å²) in [7, 11) is 1.76. The average Bonchev–Trinajstić information content (AvgIpc) is 3.05. The summed E-state index contributed by atoms with van der Waals surface area (Å²) in [5.74, 6) is -0.638. The van der Waals surface area contributed by atoms with Crippen molar-refractivity contribution < 1.29 is 14.3 Å². The molecule has 0 aliphatic heterocycles. The number of H-pyrrole nitrogens is 2. The molecule has 0 atom stereocenters. The maximum absolute atomic E-state index is 11.8. The molecule has 0 aliphatic carbocycles. The first-order valence-corrected chi connectivity index (χ1v) is 6.70. The van der Waals surface area contributed by atoms with Gasteiger partial charge >= 0.3 is 5.97 Å². The number of rotatable bonds is 4. The lowest BCUT2D eigenvalue weighted by Gasteiger charge is -2.04. The minimum absolute atomic E-state index is 0.239. The summed E-state index contributed by atoms with van der Waals surface area (Å²) < 4.78 is 6.75. The number of nitrogens with one attached hydrogen (secondary N) is 3. The molecule has 118 valence electrons. The molecular formula is C14H13N5O4. The Hall–Kier alpha value is -3.36. The molecule has 2 aromatic heterocycles. The van der Waals surface area contributed by atoms with Gasteiger partial charge in [0, 0.05) is 19.3 Å². The minimum Gasteiger partial charge on any atom is -0.426 e. The third-order valence-electron chi connectivity index (χ3n) is 3.06. The van der Waals surface area contributed by atoms with Gasteiger partial charge in [-0.25, -0.2) is 4.98 Å². The number of anilines is 1. The molecule has 0 saturated heterocycles. The fraction of sp³-hybridized carbons (Fsp3) is 0.143. The number of aryl methyl sites for hydroxylation is 1. The van der Waals surface area contributed by atoms with E-state index in [9.17, 15) is 14.4 Å². The van der Waals surface area contributed by atoms with E-state index in [0.717, 1.165) is 0 Å². The van der Waals surface area contributed by atoms with Crippen LogP contribution in [0.15, 0.2) is 35.5 Å². The van der Waals surface area contributed by atoms with Crippen molar-refractivity contribution in [3.63, 3.8) is 0 Å². The molecule has 0 saturated carbocycles. The van der Waals surface area contributed by atoms with E-state index in [1.54, 1.807) is 17.8 Å². The number of nitrogens with zero attached hydrogens (tertiary/aromatic N) is 2. The van der Waals surface area contributed by atoms with Gasteiger partial charge in [-0.1, -0.05) is 0 Å². The molecule has 3 aromatic rings. The van der Waals surface area contributed by atoms with Crippen LogP contribution in [0.4, 0.5) is 5.82 Å². The van der Waals surface area contributed by atoms with Crippen LogP contribution in [-0.4, -0.2) is 31.6 Å². The number of esters is 1. The monoisotopic (exact) mass is 315 g/mol. The molecule has 0 aliphatic rings. The smallest absolute Gasteiger partial charge is 0.320 e. The number of aromatic nitrogens is 4. The molecule has 3 rings (SSSR count). The number of hydrogen-bond acceptors (Lipinski definition) is 5. The maximum Gasteiger partial charge on any atom is 0.320 e. The largest absolute Gasteiger partial charge is 0.426 e. The zero-order chi connectivity index (χ0) is 16.4. The first-order chi connectivity index (χ1) is 11.0. The minimum atomic E-state index is -0.712. The number of amides is 1. The number of imidazole rings is 1. The van der Waals surface area contributed by atoms with Crippen molar-refractivity contribution in [2.24, 2.45) is 7.05 Å². The Kier molecular flexibility index (Phi) is 3.67. The van der Waals surface area contributed by atoms with Crippen molar-refractivity contribution in [2.45, 2.75) is 6.42 Å². The fourth-order valence-corrected chi connectivity index (χ4v) is 2.04. The summed E-state index contributed by atoms with van der Waals surface area (Å²) in [5, 5.41) is 8.03. The van der Waals surface area contributed by atoms with E-state index in [1.807, 2.05) is 0 Å². The zero-order valence-electron chi connectivity index (χ0n) is 12.1. The summed E-state index contributed by atoms with van der Waals surface area (Å²) in [5.41, 5.74) is 0.255. The Morgan fingerprint density at radius 3 is 2.91 bits per heavy atom. The summed E-state index contributed by atoms with van der Waals surface area (Å²) in [4.78, 5) is 38.8. The van der Waals surface area contributed by atoms with Crippen LogP contribution in [0.3, 0.4) is 0 Å². The lowest BCUT2D eigenvalue weighted by molar-refractivity contribution is -0.137. The topological polar surface area (TPSA) is 122 Å². The summed E-state index contributed by atoms with van der Waals surface area (Å²) in [6, 6.07) is 4.52. The van der Waals surface area contributed by atoms with Gasteiger partial charge in [-0.2, -0.15) is 0 Å². The lowest BCUT2D eigenvalue weighted by Crippen LogP contribution is -2.20. The molecule has 2 heterocycles. The van der Waals surface area contributed by atoms with E-state index in [0.29, 0.717) is 16.7 Å². The van der Waals surface area contributed by atoms with Gasteiger partial charge in [-0.05, 0) is 12.1 Å². The second kappa shape index (κ2) is 5.79. The third-order valence-corrected chi connectivity index (χ3v) is 3.06. The Morgan fingerprint density at radius 1 is 1.35 bits per heavy atom. The third kappa shape index (κ3) is 3.28. The Balaban J connectivity index is 1.61. The maximum atomic E-state index is 11.8. The van der Waals surface area contributed by atoms with E-state index in [2.05, 4.69) is 20.5 Å². The number of aromatic amines is 2. The predicted octanol–water partition coefficient (Wildman–Crippen LogP) is 0.524. The predicted molar refractivity (Wildman–Crippen MR) is 81.0 cm³/mol. The van der Waals surface area contributed by atoms with Gasteiger partial charge in [0.15, 0.2) is 5.82 Å². The van der Waals surface area contributed by atoms with Gasteiger partial charge in [0.2, 0.25) is 5.91 Å². The van der Waals surface area contributed by atoms with E-state index < -0.39 is 18.3 Å². The molecule has 9 heteroatoms. The van der Waals surface area contributed by atoms with E-state index in [4.69, 9.17) is 4.74 Å². The van der Waals surface area contributed by atoms with E-state index in [1.165, 1.54) is 24.5 Å². The molecule has 0 bridgehead atoms. The SMILES string of the molecule is Cn1cnc(NC(=O)CC(=O)Oc2ccc3c(=O)[nH][nH]c3c2)c1. The molecule has 9 nitrogen and oxygen atoms in total. The molecule has 0 spiro atoms. The Labute approximate surface area is 129 Å². The van der Waals surface area contributed by atoms with Gasteiger partial charge in [0.25, 0.3) is 5.56 Å². The van der Waals surface area contributed by atoms with Crippen molar-refractivity contribution in [1.82, 2.24) is 19.7 Å². The fourth-order valence-electron chi connectivity index (χ4n) is 2.04. The molecule has 3 N–H and O–H groups in total. The first-order valence-electron chi connectivity index (χ1n) is 6.70. The second-order valence-corrected chi connectivity index (χ2v) is 4.91. The highest BCUT2D eigenvalue weighted by Gasteiger charge is 2.13. The van der Waals surface area contributed by atoms with Crippen molar-refractivity contribution in [3.8, 4) is 5.75 Å². The quantitative estimate of drug-likeness (QED) is 0.368. The zero-order valence-corrected chi connectivity index (χ0v) is 12.1. The van der Waals surface area contributed by atoms with Crippen LogP contribution in [0.1, 0.15) is 6.42 Å². The number of carbonyl (C=O) groups is 2. The van der Waals surface area contributed by atoms with Gasteiger partial charge in [-0.3, -0.25) is 24.6 Å². The highest BCUT2D eigenvalue weighted by Crippen LogP contribution is 2.17. The van der Waals surface area contributed by atoms with Gasteiger partial charge in [0.05, 0.1) is 17.2 Å². The highest BCUT2D eigenvalue weighted by molar-refractivity contribution is 6.02. The average molecular weight is 315 g/mol.